The van der Waals surface area contributed by atoms with Gasteiger partial charge in [-0.1, -0.05) is 6.92 Å². The lowest BCUT2D eigenvalue weighted by Gasteiger charge is -2.25. The zero-order valence-electron chi connectivity index (χ0n) is 12.2. The molecule has 4 heteroatoms. The van der Waals surface area contributed by atoms with Crippen molar-refractivity contribution in [2.75, 3.05) is 18.0 Å². The van der Waals surface area contributed by atoms with Crippen LogP contribution in [0.5, 0.6) is 0 Å². The summed E-state index contributed by atoms with van der Waals surface area (Å²) in [4.78, 5) is 6.96. The number of nitrogen functional groups attached to an aromatic ring is 1. The second-order valence-electron chi connectivity index (χ2n) is 5.72. The maximum absolute atomic E-state index is 7.81. The van der Waals surface area contributed by atoms with Crippen LogP contribution in [0.2, 0.25) is 0 Å². The lowest BCUT2D eigenvalue weighted by Crippen LogP contribution is -2.29. The minimum absolute atomic E-state index is 0.122. The number of nitrogens with one attached hydrogen (secondary N) is 1. The van der Waals surface area contributed by atoms with Gasteiger partial charge in [0.1, 0.15) is 11.7 Å². The van der Waals surface area contributed by atoms with Crippen LogP contribution in [-0.2, 0) is 0 Å². The van der Waals surface area contributed by atoms with Gasteiger partial charge in [0.25, 0.3) is 0 Å². The number of rotatable bonds is 2. The molecule has 1 atom stereocenters. The molecule has 0 bridgehead atoms. The summed E-state index contributed by atoms with van der Waals surface area (Å²) >= 11 is 0. The Morgan fingerprint density at radius 3 is 2.79 bits per heavy atom. The van der Waals surface area contributed by atoms with Gasteiger partial charge in [-0.3, -0.25) is 5.41 Å². The number of nitrogens with two attached hydrogens (primary N) is 1. The van der Waals surface area contributed by atoms with E-state index >= 15 is 0 Å². The number of nitrogens with zero attached hydrogens (tertiary/aromatic N) is 2. The molecule has 4 nitrogen and oxygen atoms in total. The fourth-order valence-electron chi connectivity index (χ4n) is 2.85. The second kappa shape index (κ2) is 5.59. The average molecular weight is 260 g/mol. The Labute approximate surface area is 115 Å². The monoisotopic (exact) mass is 260 g/mol. The number of hydrogen-bond acceptors (Lipinski definition) is 3. The Morgan fingerprint density at radius 2 is 2.11 bits per heavy atom. The Kier molecular flexibility index (Phi) is 4.08. The molecule has 0 spiro atoms. The van der Waals surface area contributed by atoms with Crippen LogP contribution < -0.4 is 10.6 Å². The van der Waals surface area contributed by atoms with Gasteiger partial charge >= 0.3 is 0 Å². The van der Waals surface area contributed by atoms with E-state index in [2.05, 4.69) is 16.8 Å². The predicted molar refractivity (Wildman–Crippen MR) is 80.0 cm³/mol. The topological polar surface area (TPSA) is 66.0 Å². The summed E-state index contributed by atoms with van der Waals surface area (Å²) in [6, 6.07) is 2.00. The molecule has 0 radical (unpaired) electrons. The van der Waals surface area contributed by atoms with E-state index in [9.17, 15) is 0 Å². The van der Waals surface area contributed by atoms with Crippen molar-refractivity contribution in [1.29, 1.82) is 5.41 Å². The summed E-state index contributed by atoms with van der Waals surface area (Å²) in [6.45, 7) is 8.35. The molecule has 0 aromatic carbocycles. The van der Waals surface area contributed by atoms with E-state index in [4.69, 9.17) is 11.1 Å². The number of anilines is 1. The van der Waals surface area contributed by atoms with Gasteiger partial charge in [0.2, 0.25) is 0 Å². The van der Waals surface area contributed by atoms with Gasteiger partial charge in [0.05, 0.1) is 5.56 Å². The fraction of sp³-hybridized carbons (Fsp3) is 0.600. The third-order valence-electron chi connectivity index (χ3n) is 3.91. The number of hydrogen-bond donors (Lipinski definition) is 2. The quantitative estimate of drug-likeness (QED) is 0.634. The summed E-state index contributed by atoms with van der Waals surface area (Å²) in [5.41, 5.74) is 8.60. The lowest BCUT2D eigenvalue weighted by atomic mass is 10.0. The van der Waals surface area contributed by atoms with Crippen LogP contribution in [0.3, 0.4) is 0 Å². The standard InChI is InChI=1S/C15H24N4/c1-10-5-4-7-19(8-6-10)15-13(14(16)17)11(2)9-12(3)18-15/h9-10H,4-8H2,1-3H3,(H3,16,17). The second-order valence-corrected chi connectivity index (χ2v) is 5.72. The molecular weight excluding hydrogens is 236 g/mol. The van der Waals surface area contributed by atoms with E-state index in [1.807, 2.05) is 19.9 Å². The van der Waals surface area contributed by atoms with E-state index < -0.39 is 0 Å². The minimum Gasteiger partial charge on any atom is -0.384 e. The third kappa shape index (κ3) is 3.06. The van der Waals surface area contributed by atoms with Gasteiger partial charge in [0.15, 0.2) is 0 Å². The van der Waals surface area contributed by atoms with Crippen molar-refractivity contribution in [3.05, 3.63) is 22.9 Å². The Morgan fingerprint density at radius 1 is 1.37 bits per heavy atom. The molecule has 1 unspecified atom stereocenters. The average Bonchev–Trinajstić information content (AvgIpc) is 2.52. The predicted octanol–water partition coefficient (Wildman–Crippen LogP) is 2.61. The van der Waals surface area contributed by atoms with E-state index in [-0.39, 0.29) is 5.84 Å². The van der Waals surface area contributed by atoms with Gasteiger partial charge in [-0.05, 0) is 50.7 Å². The summed E-state index contributed by atoms with van der Waals surface area (Å²) in [6.07, 6.45) is 3.65. The first kappa shape index (κ1) is 13.8. The van der Waals surface area contributed by atoms with Crippen LogP contribution in [-0.4, -0.2) is 23.9 Å². The largest absolute Gasteiger partial charge is 0.384 e. The van der Waals surface area contributed by atoms with E-state index in [0.29, 0.717) is 0 Å². The molecule has 2 rings (SSSR count). The molecule has 0 saturated carbocycles. The van der Waals surface area contributed by atoms with E-state index in [1.54, 1.807) is 0 Å². The summed E-state index contributed by atoms with van der Waals surface area (Å²) in [5.74, 6) is 1.80. The smallest absolute Gasteiger partial charge is 0.140 e. The molecule has 19 heavy (non-hydrogen) atoms. The highest BCUT2D eigenvalue weighted by atomic mass is 15.2. The normalized spacial score (nSPS) is 20.2. The van der Waals surface area contributed by atoms with Crippen LogP contribution in [0.25, 0.3) is 0 Å². The molecule has 0 amide bonds. The maximum Gasteiger partial charge on any atom is 0.140 e. The Hall–Kier alpha value is -1.58. The van der Waals surface area contributed by atoms with Crippen LogP contribution in [0, 0.1) is 25.2 Å². The number of aryl methyl sites for hydroxylation is 2. The summed E-state index contributed by atoms with van der Waals surface area (Å²) in [5, 5.41) is 7.81. The van der Waals surface area contributed by atoms with Crippen molar-refractivity contribution in [3.63, 3.8) is 0 Å². The van der Waals surface area contributed by atoms with Gasteiger partial charge in [-0.25, -0.2) is 4.98 Å². The van der Waals surface area contributed by atoms with Crippen molar-refractivity contribution < 1.29 is 0 Å². The molecule has 1 aliphatic rings. The molecular formula is C15H24N4. The molecule has 1 saturated heterocycles. The zero-order valence-corrected chi connectivity index (χ0v) is 12.2. The van der Waals surface area contributed by atoms with Gasteiger partial charge in [0, 0.05) is 18.8 Å². The van der Waals surface area contributed by atoms with Gasteiger partial charge in [-0.15, -0.1) is 0 Å². The third-order valence-corrected chi connectivity index (χ3v) is 3.91. The van der Waals surface area contributed by atoms with Crippen molar-refractivity contribution in [2.24, 2.45) is 11.7 Å². The highest BCUT2D eigenvalue weighted by Crippen LogP contribution is 2.26. The highest BCUT2D eigenvalue weighted by Gasteiger charge is 2.20. The van der Waals surface area contributed by atoms with Crippen LogP contribution in [0.4, 0.5) is 5.82 Å². The maximum atomic E-state index is 7.81. The SMILES string of the molecule is Cc1cc(C)c(C(=N)N)c(N2CCCC(C)CC2)n1. The molecule has 1 aromatic heterocycles. The Balaban J connectivity index is 2.39. The fourth-order valence-corrected chi connectivity index (χ4v) is 2.85. The highest BCUT2D eigenvalue weighted by molar-refractivity contribution is 6.01. The number of aromatic nitrogens is 1. The van der Waals surface area contributed by atoms with Crippen molar-refractivity contribution >= 4 is 11.7 Å². The van der Waals surface area contributed by atoms with Gasteiger partial charge < -0.3 is 10.6 Å². The van der Waals surface area contributed by atoms with E-state index in [1.165, 1.54) is 19.3 Å². The van der Waals surface area contributed by atoms with Crippen LogP contribution in [0.15, 0.2) is 6.07 Å². The first-order chi connectivity index (χ1) is 8.99. The molecule has 1 aliphatic heterocycles. The summed E-state index contributed by atoms with van der Waals surface area (Å²) < 4.78 is 0. The molecule has 104 valence electrons. The Bertz CT molecular complexity index is 481. The lowest BCUT2D eigenvalue weighted by molar-refractivity contribution is 0.521. The number of amidine groups is 1. The first-order valence-electron chi connectivity index (χ1n) is 7.06. The van der Waals surface area contributed by atoms with Gasteiger partial charge in [-0.2, -0.15) is 0 Å². The van der Waals surface area contributed by atoms with Crippen molar-refractivity contribution in [1.82, 2.24) is 4.98 Å². The summed E-state index contributed by atoms with van der Waals surface area (Å²) in [7, 11) is 0. The molecule has 1 fully saturated rings. The molecule has 1 aromatic rings. The zero-order chi connectivity index (χ0) is 14.0. The molecule has 2 heterocycles. The van der Waals surface area contributed by atoms with Crippen LogP contribution in [0.1, 0.15) is 43.0 Å². The van der Waals surface area contributed by atoms with Crippen LogP contribution >= 0.6 is 0 Å². The van der Waals surface area contributed by atoms with Crippen molar-refractivity contribution in [3.8, 4) is 0 Å². The first-order valence-corrected chi connectivity index (χ1v) is 7.06. The molecule has 3 N–H and O–H groups in total. The number of pyridine rings is 1. The molecule has 0 aliphatic carbocycles. The van der Waals surface area contributed by atoms with Crippen molar-refractivity contribution in [2.45, 2.75) is 40.0 Å². The van der Waals surface area contributed by atoms with E-state index in [0.717, 1.165) is 41.6 Å². The minimum atomic E-state index is 0.122.